The summed E-state index contributed by atoms with van der Waals surface area (Å²) >= 11 is 0. The minimum absolute atomic E-state index is 0.108. The third kappa shape index (κ3) is 8.93. The van der Waals surface area contributed by atoms with Gasteiger partial charge in [-0.3, -0.25) is 0 Å². The maximum absolute atomic E-state index is 10.6. The van der Waals surface area contributed by atoms with Gasteiger partial charge in [0.15, 0.2) is 0 Å². The Morgan fingerprint density at radius 2 is 1.82 bits per heavy atom. The average Bonchev–Trinajstić information content (AvgIpc) is 2.17. The number of aliphatic hydroxyl groups is 1. The molecule has 7 heteroatoms. The number of carbonyl (C=O) groups is 1. The van der Waals surface area contributed by atoms with E-state index in [1.54, 1.807) is 0 Å². The molecule has 0 spiro atoms. The number of hydrogen-bond acceptors (Lipinski definition) is 3. The van der Waals surface area contributed by atoms with Gasteiger partial charge >= 0.3 is 12.1 Å². The van der Waals surface area contributed by atoms with Gasteiger partial charge in [-0.2, -0.15) is 13.2 Å². The molecule has 0 aliphatic carbocycles. The summed E-state index contributed by atoms with van der Waals surface area (Å²) < 4.78 is 31.7. The van der Waals surface area contributed by atoms with Crippen molar-refractivity contribution in [3.63, 3.8) is 0 Å². The molecule has 0 bridgehead atoms. The number of aliphatic hydroxyl groups excluding tert-OH is 1. The highest BCUT2D eigenvalue weighted by Gasteiger charge is 2.38. The lowest BCUT2D eigenvalue weighted by Crippen LogP contribution is -2.29. The molecule has 1 saturated heterocycles. The smallest absolute Gasteiger partial charge is 0.475 e. The molecule has 0 saturated carbocycles. The molecule has 1 fully saturated rings. The van der Waals surface area contributed by atoms with Gasteiger partial charge in [-0.05, 0) is 45.2 Å². The summed E-state index contributed by atoms with van der Waals surface area (Å²) in [5.41, 5.74) is 0. The highest BCUT2D eigenvalue weighted by molar-refractivity contribution is 5.73. The van der Waals surface area contributed by atoms with E-state index in [-0.39, 0.29) is 6.10 Å². The molecule has 4 nitrogen and oxygen atoms in total. The number of aliphatic carboxylic acids is 1. The zero-order valence-corrected chi connectivity index (χ0v) is 9.63. The molecule has 1 rings (SSSR count). The molecule has 17 heavy (non-hydrogen) atoms. The van der Waals surface area contributed by atoms with Gasteiger partial charge in [0.25, 0.3) is 0 Å². The van der Waals surface area contributed by atoms with Crippen LogP contribution in [0.5, 0.6) is 0 Å². The van der Waals surface area contributed by atoms with E-state index in [1.807, 2.05) is 6.92 Å². The molecule has 0 aromatic heterocycles. The molecule has 1 aliphatic heterocycles. The molecule has 0 aromatic carbocycles. The summed E-state index contributed by atoms with van der Waals surface area (Å²) in [5, 5.41) is 19.5. The van der Waals surface area contributed by atoms with Crippen molar-refractivity contribution in [3.8, 4) is 0 Å². The van der Waals surface area contributed by atoms with Crippen LogP contribution in [0.4, 0.5) is 13.2 Å². The Labute approximate surface area is 97.8 Å². The molecule has 102 valence electrons. The molecule has 1 aliphatic rings. The van der Waals surface area contributed by atoms with Gasteiger partial charge in [0.05, 0.1) is 6.10 Å². The van der Waals surface area contributed by atoms with Crippen LogP contribution < -0.4 is 5.32 Å². The highest BCUT2D eigenvalue weighted by atomic mass is 19.4. The van der Waals surface area contributed by atoms with Gasteiger partial charge in [0, 0.05) is 0 Å². The van der Waals surface area contributed by atoms with Gasteiger partial charge in [-0.15, -0.1) is 0 Å². The SMILES string of the molecule is CC(O)CC1CCNCC1.O=C(O)C(F)(F)F. The first-order chi connectivity index (χ1) is 7.73. The van der Waals surface area contributed by atoms with Crippen LogP contribution in [0, 0.1) is 5.92 Å². The van der Waals surface area contributed by atoms with Crippen LogP contribution in [0.2, 0.25) is 0 Å². The minimum Gasteiger partial charge on any atom is -0.475 e. The Kier molecular flexibility index (Phi) is 7.13. The number of hydrogen-bond donors (Lipinski definition) is 3. The number of carboxylic acids is 1. The largest absolute Gasteiger partial charge is 0.490 e. The molecule has 0 radical (unpaired) electrons. The first-order valence-electron chi connectivity index (χ1n) is 5.42. The third-order valence-electron chi connectivity index (χ3n) is 2.38. The minimum atomic E-state index is -5.08. The van der Waals surface area contributed by atoms with Crippen molar-refractivity contribution >= 4 is 5.97 Å². The Morgan fingerprint density at radius 1 is 1.41 bits per heavy atom. The lowest BCUT2D eigenvalue weighted by Gasteiger charge is -2.23. The first kappa shape index (κ1) is 16.2. The van der Waals surface area contributed by atoms with Crippen molar-refractivity contribution in [1.29, 1.82) is 0 Å². The topological polar surface area (TPSA) is 69.6 Å². The Bertz CT molecular complexity index is 225. The van der Waals surface area contributed by atoms with Crippen molar-refractivity contribution in [2.75, 3.05) is 13.1 Å². The maximum Gasteiger partial charge on any atom is 0.490 e. The fourth-order valence-electron chi connectivity index (χ4n) is 1.60. The van der Waals surface area contributed by atoms with Crippen molar-refractivity contribution in [1.82, 2.24) is 5.32 Å². The van der Waals surface area contributed by atoms with E-state index in [2.05, 4.69) is 5.32 Å². The van der Waals surface area contributed by atoms with Crippen LogP contribution in [-0.2, 0) is 4.79 Å². The predicted octanol–water partition coefficient (Wildman–Crippen LogP) is 1.39. The van der Waals surface area contributed by atoms with E-state index in [9.17, 15) is 13.2 Å². The second-order valence-corrected chi connectivity index (χ2v) is 4.08. The Balaban J connectivity index is 0.000000325. The van der Waals surface area contributed by atoms with E-state index in [1.165, 1.54) is 12.8 Å². The van der Waals surface area contributed by atoms with E-state index in [0.717, 1.165) is 25.4 Å². The molecule has 0 aromatic rings. The van der Waals surface area contributed by atoms with Gasteiger partial charge in [-0.1, -0.05) is 0 Å². The molecular formula is C10H18F3NO3. The molecule has 1 unspecified atom stereocenters. The summed E-state index contributed by atoms with van der Waals surface area (Å²) in [6.45, 7) is 4.15. The normalized spacial score (nSPS) is 19.1. The summed E-state index contributed by atoms with van der Waals surface area (Å²) in [7, 11) is 0. The second-order valence-electron chi connectivity index (χ2n) is 4.08. The number of carboxylic acid groups (broad SMARTS) is 1. The number of piperidine rings is 1. The van der Waals surface area contributed by atoms with Gasteiger partial charge < -0.3 is 15.5 Å². The van der Waals surface area contributed by atoms with Crippen molar-refractivity contribution < 1.29 is 28.2 Å². The van der Waals surface area contributed by atoms with Gasteiger partial charge in [-0.25, -0.2) is 4.79 Å². The molecule has 1 heterocycles. The van der Waals surface area contributed by atoms with E-state index >= 15 is 0 Å². The van der Waals surface area contributed by atoms with E-state index in [4.69, 9.17) is 15.0 Å². The highest BCUT2D eigenvalue weighted by Crippen LogP contribution is 2.17. The number of rotatable bonds is 2. The summed E-state index contributed by atoms with van der Waals surface area (Å²) in [5.74, 6) is -1.99. The third-order valence-corrected chi connectivity index (χ3v) is 2.38. The monoisotopic (exact) mass is 257 g/mol. The number of alkyl halides is 3. The van der Waals surface area contributed by atoms with Crippen molar-refractivity contribution in [2.45, 2.75) is 38.5 Å². The maximum atomic E-state index is 10.6. The molecule has 3 N–H and O–H groups in total. The standard InChI is InChI=1S/C8H17NO.C2HF3O2/c1-7(10)6-8-2-4-9-5-3-8;3-2(4,5)1(6)7/h7-10H,2-6H2,1H3;(H,6,7). The molecular weight excluding hydrogens is 239 g/mol. The van der Waals surface area contributed by atoms with Gasteiger partial charge in [0.2, 0.25) is 0 Å². The van der Waals surface area contributed by atoms with Crippen LogP contribution >= 0.6 is 0 Å². The van der Waals surface area contributed by atoms with Crippen LogP contribution in [0.25, 0.3) is 0 Å². The van der Waals surface area contributed by atoms with Crippen LogP contribution in [0.3, 0.4) is 0 Å². The van der Waals surface area contributed by atoms with Crippen LogP contribution in [0.15, 0.2) is 0 Å². The fourth-order valence-corrected chi connectivity index (χ4v) is 1.60. The number of nitrogens with one attached hydrogen (secondary N) is 1. The van der Waals surface area contributed by atoms with Gasteiger partial charge in [0.1, 0.15) is 0 Å². The second kappa shape index (κ2) is 7.50. The zero-order chi connectivity index (χ0) is 13.5. The lowest BCUT2D eigenvalue weighted by molar-refractivity contribution is -0.192. The van der Waals surface area contributed by atoms with Crippen molar-refractivity contribution in [3.05, 3.63) is 0 Å². The van der Waals surface area contributed by atoms with E-state index in [0.29, 0.717) is 0 Å². The van der Waals surface area contributed by atoms with Crippen molar-refractivity contribution in [2.24, 2.45) is 5.92 Å². The molecule has 0 amide bonds. The van der Waals surface area contributed by atoms with Crippen LogP contribution in [-0.4, -0.2) is 41.6 Å². The average molecular weight is 257 g/mol. The first-order valence-corrected chi connectivity index (χ1v) is 5.42. The Morgan fingerprint density at radius 3 is 2.12 bits per heavy atom. The number of halogens is 3. The lowest BCUT2D eigenvalue weighted by atomic mass is 9.93. The summed E-state index contributed by atoms with van der Waals surface area (Å²) in [6.07, 6.45) is -1.72. The summed E-state index contributed by atoms with van der Waals surface area (Å²) in [6, 6.07) is 0. The van der Waals surface area contributed by atoms with E-state index < -0.39 is 12.1 Å². The molecule has 1 atom stereocenters. The summed E-state index contributed by atoms with van der Waals surface area (Å²) in [4.78, 5) is 8.90. The fraction of sp³-hybridized carbons (Fsp3) is 0.900. The predicted molar refractivity (Wildman–Crippen MR) is 55.6 cm³/mol. The van der Waals surface area contributed by atoms with Crippen LogP contribution in [0.1, 0.15) is 26.2 Å². The zero-order valence-electron chi connectivity index (χ0n) is 9.63. The Hall–Kier alpha value is -0.820. The quantitative estimate of drug-likeness (QED) is 0.699.